The van der Waals surface area contributed by atoms with Crippen LogP contribution < -0.4 is 10.0 Å². The maximum atomic E-state index is 13.6. The van der Waals surface area contributed by atoms with E-state index < -0.39 is 32.6 Å². The Morgan fingerprint density at radius 3 is 2.06 bits per heavy atom. The summed E-state index contributed by atoms with van der Waals surface area (Å²) in [6.07, 6.45) is 14.9. The highest BCUT2D eigenvalue weighted by Gasteiger charge is 2.27. The molecule has 0 aliphatic carbocycles. The average molecular weight is 719 g/mol. The Balaban J connectivity index is 2.30. The first-order chi connectivity index (χ1) is 24.1. The highest BCUT2D eigenvalue weighted by molar-refractivity contribution is 7.92. The predicted molar refractivity (Wildman–Crippen MR) is 199 cm³/mol. The number of halogens is 1. The van der Waals surface area contributed by atoms with Gasteiger partial charge >= 0.3 is 0 Å². The highest BCUT2D eigenvalue weighted by Crippen LogP contribution is 2.33. The van der Waals surface area contributed by atoms with Gasteiger partial charge < -0.3 is 10.4 Å². The number of nitrogens with one attached hydrogen (secondary N) is 2. The molecule has 1 atom stereocenters. The van der Waals surface area contributed by atoms with Crippen molar-refractivity contribution >= 4 is 39.1 Å². The number of anilines is 1. The molecule has 1 heterocycles. The van der Waals surface area contributed by atoms with E-state index in [1.807, 2.05) is 0 Å². The number of pyridine rings is 1. The van der Waals surface area contributed by atoms with Gasteiger partial charge in [0.2, 0.25) is 0 Å². The number of carbonyl (C=O) groups excluding carboxylic acids is 2. The number of hydrogen-bond donors (Lipinski definition) is 3. The Labute approximate surface area is 303 Å². The van der Waals surface area contributed by atoms with E-state index in [0.717, 1.165) is 62.0 Å². The van der Waals surface area contributed by atoms with Crippen LogP contribution in [0.3, 0.4) is 0 Å². The number of hydrogen-bond acceptors (Lipinski definition) is 6. The first kappa shape index (κ1) is 41.6. The van der Waals surface area contributed by atoms with Crippen molar-refractivity contribution in [2.24, 2.45) is 5.92 Å². The third kappa shape index (κ3) is 14.1. The third-order valence-corrected chi connectivity index (χ3v) is 9.34. The van der Waals surface area contributed by atoms with Gasteiger partial charge in [-0.15, -0.1) is 0 Å². The van der Waals surface area contributed by atoms with Gasteiger partial charge in [-0.1, -0.05) is 101 Å². The van der Waals surface area contributed by atoms with Gasteiger partial charge in [-0.3, -0.25) is 14.3 Å². The van der Waals surface area contributed by atoms with Crippen molar-refractivity contribution in [2.75, 3.05) is 11.3 Å². The number of phenolic OH excluding ortho intramolecular Hbond substituents is 1. The standard InChI is InChI=1S/C39H47ClN4O5S/c1-5-9-13-15-16-18-23-31(22-17-14-10-6-2)30-42-37(46)33-24-21-25-41-38(33)50(48,49)43-32-28-34(36(45)35(40)29-32)39(47)44(26-19-11-7-3)27-20-12-8-4/h21,24-25,28-29,31,43,45H,5-6,9-10,13-18,22-23,30H2,1-4H3,(H,42,46). The Morgan fingerprint density at radius 1 is 0.880 bits per heavy atom. The molecule has 1 unspecified atom stereocenters. The molecule has 0 aliphatic heterocycles. The zero-order chi connectivity index (χ0) is 36.8. The predicted octanol–water partition coefficient (Wildman–Crippen LogP) is 7.72. The second-order valence-electron chi connectivity index (χ2n) is 11.7. The molecular formula is C39H47ClN4O5S. The highest BCUT2D eigenvalue weighted by atomic mass is 35.5. The largest absolute Gasteiger partial charge is 0.506 e. The smallest absolute Gasteiger partial charge is 0.281 e. The van der Waals surface area contributed by atoms with Crippen molar-refractivity contribution in [3.8, 4) is 53.4 Å². The van der Waals surface area contributed by atoms with E-state index in [1.165, 1.54) is 50.4 Å². The molecular weight excluding hydrogens is 672 g/mol. The van der Waals surface area contributed by atoms with Crippen LogP contribution in [-0.2, 0) is 10.0 Å². The van der Waals surface area contributed by atoms with E-state index in [1.54, 1.807) is 13.8 Å². The number of unbranched alkanes of at least 4 members (excludes halogenated alkanes) is 8. The summed E-state index contributed by atoms with van der Waals surface area (Å²) in [4.78, 5) is 31.6. The van der Waals surface area contributed by atoms with E-state index in [-0.39, 0.29) is 27.8 Å². The number of benzene rings is 1. The van der Waals surface area contributed by atoms with Crippen LogP contribution in [0, 0.1) is 53.5 Å². The zero-order valence-electron chi connectivity index (χ0n) is 29.4. The topological polar surface area (TPSA) is 129 Å². The maximum Gasteiger partial charge on any atom is 0.281 e. The first-order valence-corrected chi connectivity index (χ1v) is 18.9. The minimum atomic E-state index is -4.48. The van der Waals surface area contributed by atoms with Gasteiger partial charge in [-0.05, 0) is 68.7 Å². The quantitative estimate of drug-likeness (QED) is 0.0591. The second-order valence-corrected chi connectivity index (χ2v) is 13.7. The summed E-state index contributed by atoms with van der Waals surface area (Å²) in [6.45, 7) is 7.93. The fraction of sp³-hybridized carbons (Fsp3) is 0.462. The molecule has 2 amide bonds. The van der Waals surface area contributed by atoms with Crippen molar-refractivity contribution < 1.29 is 23.1 Å². The molecule has 9 nitrogen and oxygen atoms in total. The molecule has 0 saturated carbocycles. The summed E-state index contributed by atoms with van der Waals surface area (Å²) in [5.41, 5.74) is -0.680. The molecule has 0 aliphatic rings. The fourth-order valence-corrected chi connectivity index (χ4v) is 6.49. The van der Waals surface area contributed by atoms with Crippen LogP contribution >= 0.6 is 11.6 Å². The van der Waals surface area contributed by atoms with E-state index in [4.69, 9.17) is 11.6 Å². The van der Waals surface area contributed by atoms with Crippen LogP contribution in [0.25, 0.3) is 0 Å². The van der Waals surface area contributed by atoms with E-state index in [9.17, 15) is 23.1 Å². The molecule has 266 valence electrons. The molecule has 2 rings (SSSR count). The third-order valence-electron chi connectivity index (χ3n) is 7.71. The van der Waals surface area contributed by atoms with Crippen molar-refractivity contribution in [3.63, 3.8) is 0 Å². The molecule has 0 spiro atoms. The lowest BCUT2D eigenvalue weighted by atomic mass is 9.94. The summed E-state index contributed by atoms with van der Waals surface area (Å²) >= 11 is 6.22. The van der Waals surface area contributed by atoms with Crippen molar-refractivity contribution in [2.45, 2.75) is 110 Å². The summed E-state index contributed by atoms with van der Waals surface area (Å²) in [5.74, 6) is 13.3. The molecule has 2 aromatic rings. The van der Waals surface area contributed by atoms with Gasteiger partial charge in [0.05, 0.1) is 21.8 Å². The van der Waals surface area contributed by atoms with E-state index in [0.29, 0.717) is 6.54 Å². The second kappa shape index (κ2) is 22.9. The average Bonchev–Trinajstić information content (AvgIpc) is 3.10. The normalized spacial score (nSPS) is 10.8. The number of aromatic hydroxyl groups is 1. The van der Waals surface area contributed by atoms with Crippen LogP contribution in [0.15, 0.2) is 35.5 Å². The van der Waals surface area contributed by atoms with Gasteiger partial charge in [0.15, 0.2) is 5.03 Å². The molecule has 0 radical (unpaired) electrons. The molecule has 0 fully saturated rings. The first-order valence-electron chi connectivity index (χ1n) is 17.1. The number of rotatable bonds is 19. The number of carbonyl (C=O) groups is 2. The zero-order valence-corrected chi connectivity index (χ0v) is 31.0. The monoisotopic (exact) mass is 718 g/mol. The molecule has 50 heavy (non-hydrogen) atoms. The van der Waals surface area contributed by atoms with Crippen LogP contribution in [0.1, 0.15) is 125 Å². The Morgan fingerprint density at radius 2 is 1.46 bits per heavy atom. The summed E-state index contributed by atoms with van der Waals surface area (Å²) in [7, 11) is -4.48. The summed E-state index contributed by atoms with van der Waals surface area (Å²) in [6, 6.07) is 10.0. The lowest BCUT2D eigenvalue weighted by molar-refractivity contribution is 0.0883. The van der Waals surface area contributed by atoms with Crippen molar-refractivity contribution in [3.05, 3.63) is 46.6 Å². The van der Waals surface area contributed by atoms with Crippen molar-refractivity contribution in [1.29, 1.82) is 0 Å². The maximum absolute atomic E-state index is 13.6. The Bertz CT molecular complexity index is 1780. The molecule has 3 N–H and O–H groups in total. The van der Waals surface area contributed by atoms with Crippen LogP contribution in [0.5, 0.6) is 5.75 Å². The van der Waals surface area contributed by atoms with Gasteiger partial charge in [-0.2, -0.15) is 13.3 Å². The minimum Gasteiger partial charge on any atom is -0.506 e. The number of sulfonamides is 1. The minimum absolute atomic E-state index is 0.128. The molecule has 1 aromatic carbocycles. The van der Waals surface area contributed by atoms with Crippen LogP contribution in [0.2, 0.25) is 5.02 Å². The number of aromatic nitrogens is 1. The van der Waals surface area contributed by atoms with Gasteiger partial charge in [0.1, 0.15) is 5.75 Å². The van der Waals surface area contributed by atoms with Gasteiger partial charge in [-0.25, -0.2) is 4.98 Å². The number of nitrogens with zero attached hydrogens (tertiary/aromatic N) is 2. The molecule has 0 saturated heterocycles. The summed E-state index contributed by atoms with van der Waals surface area (Å²) in [5, 5.41) is 12.8. The van der Waals surface area contributed by atoms with Gasteiger partial charge in [0.25, 0.3) is 21.8 Å². The molecule has 1 aromatic heterocycles. The van der Waals surface area contributed by atoms with E-state index in [2.05, 4.69) is 76.5 Å². The summed E-state index contributed by atoms with van der Waals surface area (Å²) < 4.78 is 29.6. The number of amides is 2. The lowest BCUT2D eigenvalue weighted by Gasteiger charge is -2.18. The number of phenols is 1. The SMILES string of the molecule is CC#CC#CN(C#CC#CC)C(=O)c1cc(NS(=O)(=O)c2ncccc2C(=O)NCC(CCCCCC)CCCCCCCC)cc(Cl)c1O. The van der Waals surface area contributed by atoms with Crippen LogP contribution in [-0.4, -0.2) is 41.8 Å². The Kier molecular flexibility index (Phi) is 19.0. The molecule has 11 heteroatoms. The fourth-order valence-electron chi connectivity index (χ4n) is 5.10. The van der Waals surface area contributed by atoms with Crippen molar-refractivity contribution in [1.82, 2.24) is 15.2 Å². The van der Waals surface area contributed by atoms with Crippen LogP contribution in [0.4, 0.5) is 5.69 Å². The molecule has 0 bridgehead atoms. The van der Waals surface area contributed by atoms with Gasteiger partial charge in [0, 0.05) is 36.7 Å². The lowest BCUT2D eigenvalue weighted by Crippen LogP contribution is -2.31. The Hall–Kier alpha value is -4.61. The van der Waals surface area contributed by atoms with E-state index >= 15 is 0 Å².